The van der Waals surface area contributed by atoms with Crippen LogP contribution >= 0.6 is 0 Å². The van der Waals surface area contributed by atoms with Gasteiger partial charge in [-0.15, -0.1) is 0 Å². The molecule has 0 spiro atoms. The smallest absolute Gasteiger partial charge is 0.305 e. The third kappa shape index (κ3) is 7.40. The van der Waals surface area contributed by atoms with Crippen molar-refractivity contribution in [1.29, 1.82) is 0 Å². The molecule has 2 heterocycles. The van der Waals surface area contributed by atoms with E-state index >= 15 is 0 Å². The van der Waals surface area contributed by atoms with Gasteiger partial charge in [-0.3, -0.25) is 14.6 Å². The van der Waals surface area contributed by atoms with E-state index < -0.39 is 11.7 Å². The van der Waals surface area contributed by atoms with Gasteiger partial charge in [0.25, 0.3) is 5.56 Å². The van der Waals surface area contributed by atoms with Crippen LogP contribution in [0.1, 0.15) is 96.4 Å². The van der Waals surface area contributed by atoms with E-state index in [-0.39, 0.29) is 36.0 Å². The Morgan fingerprint density at radius 3 is 2.46 bits per heavy atom. The first-order valence-electron chi connectivity index (χ1n) is 13.2. The van der Waals surface area contributed by atoms with Gasteiger partial charge in [-0.2, -0.15) is 4.98 Å². The fraction of sp³-hybridized carbons (Fsp3) is 0.692. The number of carbonyl (C=O) groups excluding carboxylic acids is 1. The van der Waals surface area contributed by atoms with Crippen LogP contribution in [0.2, 0.25) is 0 Å². The first-order chi connectivity index (χ1) is 16.9. The first kappa shape index (κ1) is 26.9. The van der Waals surface area contributed by atoms with Gasteiger partial charge in [-0.1, -0.05) is 77.7 Å². The normalized spacial score (nSPS) is 20.1. The summed E-state index contributed by atoms with van der Waals surface area (Å²) in [6, 6.07) is -0.306. The van der Waals surface area contributed by atoms with Crippen molar-refractivity contribution in [3.8, 4) is 0 Å². The zero-order valence-corrected chi connectivity index (χ0v) is 21.0. The molecule has 2 aromatic heterocycles. The van der Waals surface area contributed by atoms with Gasteiger partial charge >= 0.3 is 5.97 Å². The highest BCUT2D eigenvalue weighted by molar-refractivity contribution is 5.71. The Hall–Kier alpha value is -2.68. The number of nitrogens with two attached hydrogens (primary N) is 1. The minimum absolute atomic E-state index is 0.00120. The number of aromatic amines is 1. The van der Waals surface area contributed by atoms with Crippen LogP contribution in [0.15, 0.2) is 23.3 Å². The average molecular weight is 488 g/mol. The van der Waals surface area contributed by atoms with E-state index in [1.54, 1.807) is 4.57 Å². The lowest BCUT2D eigenvalue weighted by Crippen LogP contribution is -2.22. The lowest BCUT2D eigenvalue weighted by atomic mass is 10.0. The molecule has 1 fully saturated rings. The molecule has 2 aromatic rings. The third-order valence-corrected chi connectivity index (χ3v) is 7.03. The van der Waals surface area contributed by atoms with Crippen LogP contribution < -0.4 is 11.3 Å². The van der Waals surface area contributed by atoms with Gasteiger partial charge in [0.15, 0.2) is 11.2 Å². The summed E-state index contributed by atoms with van der Waals surface area (Å²) < 4.78 is 7.18. The second-order valence-corrected chi connectivity index (χ2v) is 9.74. The molecule has 9 heteroatoms. The van der Waals surface area contributed by atoms with Gasteiger partial charge in [0.05, 0.1) is 18.5 Å². The predicted octanol–water partition coefficient (Wildman–Crippen LogP) is 4.42. The van der Waals surface area contributed by atoms with Crippen LogP contribution in [0.4, 0.5) is 5.95 Å². The number of esters is 1. The average Bonchev–Trinajstić information content (AvgIpc) is 3.36. The van der Waals surface area contributed by atoms with E-state index in [1.165, 1.54) is 57.7 Å². The third-order valence-electron chi connectivity index (χ3n) is 7.03. The Balaban J connectivity index is 1.36. The van der Waals surface area contributed by atoms with Crippen LogP contribution in [0.25, 0.3) is 11.2 Å². The second-order valence-electron chi connectivity index (χ2n) is 9.74. The standard InChI is InChI=1S/C26H41N5O4/c1-3-4-5-6-7-8-9-10-11-12-13-14-22(33)35-16-19-18(2)20(15-21(19)32)31-17-28-23-24(31)29-26(27)30-25(23)34/h17,19-21,32H,2-16H2,1H3,(H3,27,29,30,34). The summed E-state index contributed by atoms with van der Waals surface area (Å²) in [5.41, 5.74) is 6.52. The molecule has 0 radical (unpaired) electrons. The number of aromatic nitrogens is 4. The largest absolute Gasteiger partial charge is 0.465 e. The number of H-pyrrole nitrogens is 1. The summed E-state index contributed by atoms with van der Waals surface area (Å²) in [6.45, 7) is 6.47. The highest BCUT2D eigenvalue weighted by atomic mass is 16.5. The molecule has 194 valence electrons. The summed E-state index contributed by atoms with van der Waals surface area (Å²) in [5.74, 6) is -0.613. The Morgan fingerprint density at radius 1 is 1.17 bits per heavy atom. The lowest BCUT2D eigenvalue weighted by Gasteiger charge is -2.17. The van der Waals surface area contributed by atoms with E-state index in [1.807, 2.05) is 0 Å². The van der Waals surface area contributed by atoms with Crippen molar-refractivity contribution in [3.63, 3.8) is 0 Å². The number of aliphatic hydroxyl groups excluding tert-OH is 1. The number of imidazole rings is 1. The quantitative estimate of drug-likeness (QED) is 0.192. The number of hydrogen-bond donors (Lipinski definition) is 3. The van der Waals surface area contributed by atoms with Gasteiger partial charge in [0, 0.05) is 12.3 Å². The Morgan fingerprint density at radius 2 is 1.80 bits per heavy atom. The number of aliphatic hydroxyl groups is 1. The maximum atomic E-state index is 12.2. The molecular weight excluding hydrogens is 446 g/mol. The zero-order valence-electron chi connectivity index (χ0n) is 21.0. The lowest BCUT2D eigenvalue weighted by molar-refractivity contribution is -0.145. The molecule has 0 saturated heterocycles. The summed E-state index contributed by atoms with van der Waals surface area (Å²) in [5, 5.41) is 10.6. The van der Waals surface area contributed by atoms with Crippen molar-refractivity contribution in [2.24, 2.45) is 5.92 Å². The Bertz CT molecular complexity index is 1030. The number of ether oxygens (including phenoxy) is 1. The molecule has 0 amide bonds. The molecule has 1 aliphatic rings. The number of nitrogens with zero attached hydrogens (tertiary/aromatic N) is 3. The molecule has 9 nitrogen and oxygen atoms in total. The van der Waals surface area contributed by atoms with Gasteiger partial charge in [-0.05, 0) is 18.4 Å². The number of anilines is 1. The zero-order chi connectivity index (χ0) is 25.2. The Labute approximate surface area is 207 Å². The van der Waals surface area contributed by atoms with Crippen molar-refractivity contribution < 1.29 is 14.6 Å². The van der Waals surface area contributed by atoms with Crippen molar-refractivity contribution in [2.75, 3.05) is 12.3 Å². The summed E-state index contributed by atoms with van der Waals surface area (Å²) in [7, 11) is 0. The van der Waals surface area contributed by atoms with Crippen LogP contribution in [-0.4, -0.2) is 43.3 Å². The number of nitrogens with one attached hydrogen (secondary N) is 1. The maximum absolute atomic E-state index is 12.2. The second kappa shape index (κ2) is 13.4. The molecular formula is C26H41N5O4. The van der Waals surface area contributed by atoms with Gasteiger partial charge < -0.3 is 20.1 Å². The van der Waals surface area contributed by atoms with Gasteiger partial charge in [-0.25, -0.2) is 4.98 Å². The van der Waals surface area contributed by atoms with E-state index in [2.05, 4.69) is 28.5 Å². The summed E-state index contributed by atoms with van der Waals surface area (Å²) >= 11 is 0. The fourth-order valence-corrected chi connectivity index (χ4v) is 4.91. The highest BCUT2D eigenvalue weighted by Gasteiger charge is 2.39. The van der Waals surface area contributed by atoms with E-state index in [0.29, 0.717) is 18.5 Å². The number of unbranched alkanes of at least 4 members (excludes halogenated alkanes) is 10. The Kier molecular flexibility index (Phi) is 10.3. The van der Waals surface area contributed by atoms with Crippen molar-refractivity contribution >= 4 is 23.1 Å². The van der Waals surface area contributed by atoms with Crippen LogP contribution in [0, 0.1) is 5.92 Å². The van der Waals surface area contributed by atoms with Crippen molar-refractivity contribution in [3.05, 3.63) is 28.8 Å². The molecule has 4 N–H and O–H groups in total. The van der Waals surface area contributed by atoms with E-state index in [4.69, 9.17) is 10.5 Å². The number of nitrogen functional groups attached to an aromatic ring is 1. The SMILES string of the molecule is C=C1C(COC(=O)CCCCCCCCCCCCC)C(O)CC1n1cnc2c(=O)[nH]c(N)nc21. The molecule has 0 aliphatic heterocycles. The summed E-state index contributed by atoms with van der Waals surface area (Å²) in [6.07, 6.45) is 15.1. The topological polar surface area (TPSA) is 136 Å². The molecule has 1 aliphatic carbocycles. The number of fused-ring (bicyclic) bond motifs is 1. The predicted molar refractivity (Wildman–Crippen MR) is 137 cm³/mol. The molecule has 0 bridgehead atoms. The highest BCUT2D eigenvalue weighted by Crippen LogP contribution is 2.40. The monoisotopic (exact) mass is 487 g/mol. The van der Waals surface area contributed by atoms with Crippen LogP contribution in [-0.2, 0) is 9.53 Å². The molecule has 1 saturated carbocycles. The molecule has 0 aromatic carbocycles. The maximum Gasteiger partial charge on any atom is 0.305 e. The first-order valence-corrected chi connectivity index (χ1v) is 13.2. The summed E-state index contributed by atoms with van der Waals surface area (Å²) in [4.78, 5) is 35.0. The molecule has 3 unspecified atom stereocenters. The van der Waals surface area contributed by atoms with Gasteiger partial charge in [0.2, 0.25) is 5.95 Å². The number of carbonyl (C=O) groups is 1. The molecule has 35 heavy (non-hydrogen) atoms. The fourth-order valence-electron chi connectivity index (χ4n) is 4.91. The number of hydrogen-bond acceptors (Lipinski definition) is 7. The van der Waals surface area contributed by atoms with Crippen LogP contribution in [0.3, 0.4) is 0 Å². The number of rotatable bonds is 15. The minimum Gasteiger partial charge on any atom is -0.465 e. The van der Waals surface area contributed by atoms with Gasteiger partial charge in [0.1, 0.15) is 6.61 Å². The van der Waals surface area contributed by atoms with Crippen molar-refractivity contribution in [2.45, 2.75) is 103 Å². The van der Waals surface area contributed by atoms with E-state index in [9.17, 15) is 14.7 Å². The molecule has 3 atom stereocenters. The van der Waals surface area contributed by atoms with E-state index in [0.717, 1.165) is 24.8 Å². The molecule has 3 rings (SSSR count). The van der Waals surface area contributed by atoms with Crippen LogP contribution in [0.5, 0.6) is 0 Å². The minimum atomic E-state index is -0.709. The van der Waals surface area contributed by atoms with Crippen molar-refractivity contribution in [1.82, 2.24) is 19.5 Å².